The van der Waals surface area contributed by atoms with Crippen LogP contribution in [-0.2, 0) is 4.79 Å². The fourth-order valence-corrected chi connectivity index (χ4v) is 2.14. The third-order valence-corrected chi connectivity index (χ3v) is 3.40. The molecular formula is C15H24BNO3. The largest absolute Gasteiger partial charge is 0.488 e. The van der Waals surface area contributed by atoms with Crippen molar-refractivity contribution in [2.75, 3.05) is 11.4 Å². The van der Waals surface area contributed by atoms with E-state index in [2.05, 4.69) is 6.92 Å². The topological polar surface area (TPSA) is 60.8 Å². The molecule has 0 aromatic heterocycles. The third kappa shape index (κ3) is 5.76. The van der Waals surface area contributed by atoms with Gasteiger partial charge in [-0.3, -0.25) is 4.79 Å². The van der Waals surface area contributed by atoms with Crippen molar-refractivity contribution in [2.45, 2.75) is 45.4 Å². The zero-order valence-electron chi connectivity index (χ0n) is 12.2. The van der Waals surface area contributed by atoms with Crippen molar-refractivity contribution in [2.24, 2.45) is 0 Å². The van der Waals surface area contributed by atoms with Gasteiger partial charge in [-0.25, -0.2) is 0 Å². The third-order valence-electron chi connectivity index (χ3n) is 3.40. The molecule has 0 aliphatic heterocycles. The molecule has 0 bridgehead atoms. The summed E-state index contributed by atoms with van der Waals surface area (Å²) in [5, 5.41) is 18.1. The monoisotopic (exact) mass is 277 g/mol. The molecule has 0 unspecified atom stereocenters. The molecule has 0 radical (unpaired) electrons. The van der Waals surface area contributed by atoms with Gasteiger partial charge >= 0.3 is 7.12 Å². The first-order valence-corrected chi connectivity index (χ1v) is 7.37. The van der Waals surface area contributed by atoms with Crippen LogP contribution >= 0.6 is 0 Å². The predicted octanol–water partition coefficient (Wildman–Crippen LogP) is 1.69. The van der Waals surface area contributed by atoms with Crippen LogP contribution in [-0.4, -0.2) is 30.1 Å². The summed E-state index contributed by atoms with van der Waals surface area (Å²) < 4.78 is 0. The Hall–Kier alpha value is -1.33. The summed E-state index contributed by atoms with van der Waals surface area (Å²) in [4.78, 5) is 12.8. The van der Waals surface area contributed by atoms with E-state index in [1.54, 1.807) is 29.2 Å². The molecule has 0 fully saturated rings. The first kappa shape index (κ1) is 16.7. The van der Waals surface area contributed by atoms with Gasteiger partial charge in [0, 0.05) is 12.2 Å². The van der Waals surface area contributed by atoms with Gasteiger partial charge in [-0.1, -0.05) is 51.2 Å². The van der Waals surface area contributed by atoms with Gasteiger partial charge < -0.3 is 14.9 Å². The average molecular weight is 277 g/mol. The maximum atomic E-state index is 11.1. The van der Waals surface area contributed by atoms with Crippen molar-refractivity contribution in [3.05, 3.63) is 24.3 Å². The number of anilines is 1. The molecule has 0 atom stereocenters. The molecule has 0 spiro atoms. The van der Waals surface area contributed by atoms with Gasteiger partial charge in [-0.2, -0.15) is 0 Å². The number of carbonyl (C=O) groups excluding carboxylic acids is 1. The SMILES string of the molecule is CCCCCCCCN(C=O)c1ccc(B(O)O)cc1. The van der Waals surface area contributed by atoms with Gasteiger partial charge in [0.25, 0.3) is 0 Å². The zero-order valence-corrected chi connectivity index (χ0v) is 12.2. The van der Waals surface area contributed by atoms with E-state index in [4.69, 9.17) is 10.0 Å². The van der Waals surface area contributed by atoms with Crippen LogP contribution in [0.3, 0.4) is 0 Å². The van der Waals surface area contributed by atoms with E-state index >= 15 is 0 Å². The normalized spacial score (nSPS) is 10.3. The lowest BCUT2D eigenvalue weighted by Gasteiger charge is -2.17. The van der Waals surface area contributed by atoms with Crippen molar-refractivity contribution in [1.82, 2.24) is 0 Å². The summed E-state index contributed by atoms with van der Waals surface area (Å²) in [6, 6.07) is 6.72. The van der Waals surface area contributed by atoms with Crippen LogP contribution in [0.25, 0.3) is 0 Å². The molecule has 20 heavy (non-hydrogen) atoms. The van der Waals surface area contributed by atoms with Gasteiger partial charge in [0.1, 0.15) is 0 Å². The molecule has 0 aliphatic rings. The lowest BCUT2D eigenvalue weighted by Crippen LogP contribution is -2.30. The van der Waals surface area contributed by atoms with Crippen molar-refractivity contribution in [3.8, 4) is 0 Å². The molecule has 1 rings (SSSR count). The highest BCUT2D eigenvalue weighted by Gasteiger charge is 2.11. The lowest BCUT2D eigenvalue weighted by molar-refractivity contribution is -0.107. The predicted molar refractivity (Wildman–Crippen MR) is 83.1 cm³/mol. The zero-order chi connectivity index (χ0) is 14.8. The van der Waals surface area contributed by atoms with E-state index in [9.17, 15) is 4.79 Å². The van der Waals surface area contributed by atoms with Crippen LogP contribution in [0.5, 0.6) is 0 Å². The van der Waals surface area contributed by atoms with Crippen LogP contribution in [0.2, 0.25) is 0 Å². The number of carbonyl (C=O) groups is 1. The van der Waals surface area contributed by atoms with Crippen LogP contribution in [0, 0.1) is 0 Å². The summed E-state index contributed by atoms with van der Waals surface area (Å²) in [7, 11) is -1.47. The Morgan fingerprint density at radius 3 is 2.20 bits per heavy atom. The number of hydrogen-bond donors (Lipinski definition) is 2. The molecule has 0 aliphatic carbocycles. The van der Waals surface area contributed by atoms with E-state index < -0.39 is 7.12 Å². The van der Waals surface area contributed by atoms with E-state index in [-0.39, 0.29) is 0 Å². The van der Waals surface area contributed by atoms with Crippen molar-refractivity contribution >= 4 is 24.7 Å². The highest BCUT2D eigenvalue weighted by molar-refractivity contribution is 6.58. The van der Waals surface area contributed by atoms with Crippen molar-refractivity contribution in [1.29, 1.82) is 0 Å². The van der Waals surface area contributed by atoms with Crippen LogP contribution in [0.15, 0.2) is 24.3 Å². The van der Waals surface area contributed by atoms with E-state index in [0.29, 0.717) is 12.0 Å². The Morgan fingerprint density at radius 1 is 1.05 bits per heavy atom. The van der Waals surface area contributed by atoms with Gasteiger partial charge in [0.2, 0.25) is 6.41 Å². The van der Waals surface area contributed by atoms with Gasteiger partial charge in [0.05, 0.1) is 0 Å². The summed E-state index contributed by atoms with van der Waals surface area (Å²) in [5.74, 6) is 0. The van der Waals surface area contributed by atoms with Crippen LogP contribution < -0.4 is 10.4 Å². The van der Waals surface area contributed by atoms with E-state index in [0.717, 1.165) is 24.9 Å². The van der Waals surface area contributed by atoms with E-state index in [1.807, 2.05) is 0 Å². The molecule has 5 heteroatoms. The molecule has 4 nitrogen and oxygen atoms in total. The highest BCUT2D eigenvalue weighted by Crippen LogP contribution is 2.13. The smallest absolute Gasteiger partial charge is 0.423 e. The minimum atomic E-state index is -1.47. The second-order valence-electron chi connectivity index (χ2n) is 5.03. The molecule has 0 saturated carbocycles. The number of unbranched alkanes of at least 4 members (excludes halogenated alkanes) is 5. The highest BCUT2D eigenvalue weighted by atomic mass is 16.4. The first-order chi connectivity index (χ1) is 9.69. The Kier molecular flexibility index (Phi) is 8.00. The minimum absolute atomic E-state index is 0.430. The van der Waals surface area contributed by atoms with Crippen LogP contribution in [0.1, 0.15) is 45.4 Å². The average Bonchev–Trinajstić information content (AvgIpc) is 2.47. The summed E-state index contributed by atoms with van der Waals surface area (Å²) in [6.07, 6.45) is 7.96. The number of amides is 1. The standard InChI is InChI=1S/C15H24BNO3/c1-2-3-4-5-6-7-12-17(13-18)15-10-8-14(9-11-15)16(19)20/h8-11,13,19-20H,2-7,12H2,1H3. The molecule has 1 aromatic rings. The van der Waals surface area contributed by atoms with Gasteiger partial charge in [0.15, 0.2) is 0 Å². The van der Waals surface area contributed by atoms with Gasteiger partial charge in [-0.15, -0.1) is 0 Å². The molecule has 0 saturated heterocycles. The fourth-order valence-electron chi connectivity index (χ4n) is 2.14. The molecule has 0 heterocycles. The number of benzene rings is 1. The maximum absolute atomic E-state index is 11.1. The Balaban J connectivity index is 2.39. The lowest BCUT2D eigenvalue weighted by atomic mass is 9.80. The molecule has 1 aromatic carbocycles. The second-order valence-corrected chi connectivity index (χ2v) is 5.03. The maximum Gasteiger partial charge on any atom is 0.488 e. The van der Waals surface area contributed by atoms with E-state index in [1.165, 1.54) is 25.7 Å². The summed E-state index contributed by atoms with van der Waals surface area (Å²) in [5.41, 5.74) is 1.22. The Bertz CT molecular complexity index is 381. The number of nitrogens with zero attached hydrogens (tertiary/aromatic N) is 1. The second kappa shape index (κ2) is 9.56. The molecule has 2 N–H and O–H groups in total. The molecular weight excluding hydrogens is 253 g/mol. The van der Waals surface area contributed by atoms with Gasteiger partial charge in [-0.05, 0) is 24.0 Å². The Morgan fingerprint density at radius 2 is 1.65 bits per heavy atom. The number of hydrogen-bond acceptors (Lipinski definition) is 3. The minimum Gasteiger partial charge on any atom is -0.423 e. The Labute approximate surface area is 121 Å². The van der Waals surface area contributed by atoms with Crippen molar-refractivity contribution < 1.29 is 14.8 Å². The molecule has 1 amide bonds. The van der Waals surface area contributed by atoms with Crippen molar-refractivity contribution in [3.63, 3.8) is 0 Å². The summed E-state index contributed by atoms with van der Waals surface area (Å²) in [6.45, 7) is 2.90. The fraction of sp³-hybridized carbons (Fsp3) is 0.533. The number of rotatable bonds is 10. The van der Waals surface area contributed by atoms with Crippen LogP contribution in [0.4, 0.5) is 5.69 Å². The quantitative estimate of drug-likeness (QED) is 0.388. The summed E-state index contributed by atoms with van der Waals surface area (Å²) >= 11 is 0. The first-order valence-electron chi connectivity index (χ1n) is 7.37. The molecule has 110 valence electrons.